The lowest BCUT2D eigenvalue weighted by molar-refractivity contribution is -0.144. The van der Waals surface area contributed by atoms with Gasteiger partial charge >= 0.3 is 5.97 Å². The number of ether oxygens (including phenoxy) is 1. The molecule has 0 aromatic heterocycles. The zero-order valence-corrected chi connectivity index (χ0v) is 32.2. The summed E-state index contributed by atoms with van der Waals surface area (Å²) in [7, 11) is 4.04. The van der Waals surface area contributed by atoms with Gasteiger partial charge in [-0.2, -0.15) is 0 Å². The summed E-state index contributed by atoms with van der Waals surface area (Å²) in [6.07, 6.45) is 54.1. The first-order chi connectivity index (χ1) is 23.1. The van der Waals surface area contributed by atoms with Crippen molar-refractivity contribution in [3.05, 3.63) is 48.6 Å². The quantitative estimate of drug-likeness (QED) is 0.0382. The topological polar surface area (TPSA) is 29.5 Å². The van der Waals surface area contributed by atoms with Crippen molar-refractivity contribution in [1.82, 2.24) is 4.90 Å². The number of rotatable bonds is 36. The highest BCUT2D eigenvalue weighted by Crippen LogP contribution is 2.24. The summed E-state index contributed by atoms with van der Waals surface area (Å²) in [4.78, 5) is 14.4. The van der Waals surface area contributed by atoms with Gasteiger partial charge in [0.2, 0.25) is 0 Å². The van der Waals surface area contributed by atoms with Gasteiger partial charge in [0.15, 0.2) is 0 Å². The molecule has 0 rings (SSSR count). The SMILES string of the molecule is CCCCC/C=C\C/C=C\CCCCCCCCC(CCCCCCCC/C=C\C/C=C\CCCCC)CCC(=O)OCCN(C)C. The van der Waals surface area contributed by atoms with Gasteiger partial charge in [0.1, 0.15) is 6.61 Å². The number of carbonyl (C=O) groups excluding carboxylic acids is 1. The minimum absolute atomic E-state index is 0.00839. The third kappa shape index (κ3) is 38.7. The Labute approximate surface area is 295 Å². The van der Waals surface area contributed by atoms with E-state index < -0.39 is 0 Å². The fourth-order valence-corrected chi connectivity index (χ4v) is 6.01. The predicted octanol–water partition coefficient (Wildman–Crippen LogP) is 13.9. The fraction of sp³-hybridized carbons (Fsp3) is 0.795. The molecule has 3 nitrogen and oxygen atoms in total. The van der Waals surface area contributed by atoms with Gasteiger partial charge in [-0.1, -0.05) is 165 Å². The van der Waals surface area contributed by atoms with Gasteiger partial charge in [-0.25, -0.2) is 0 Å². The molecule has 0 unspecified atom stereocenters. The predicted molar refractivity (Wildman–Crippen MR) is 210 cm³/mol. The van der Waals surface area contributed by atoms with Gasteiger partial charge in [0.05, 0.1) is 0 Å². The van der Waals surface area contributed by atoms with Crippen LogP contribution in [0.25, 0.3) is 0 Å². The average Bonchev–Trinajstić information content (AvgIpc) is 3.06. The Morgan fingerprint density at radius 3 is 1.30 bits per heavy atom. The molecular weight excluding hydrogens is 574 g/mol. The van der Waals surface area contributed by atoms with Crippen molar-refractivity contribution in [2.45, 2.75) is 194 Å². The van der Waals surface area contributed by atoms with E-state index in [1.807, 2.05) is 14.1 Å². The van der Waals surface area contributed by atoms with Crippen molar-refractivity contribution in [3.8, 4) is 0 Å². The standard InChI is InChI=1S/C44H81NO2/c1-5-7-9-11-13-15-17-19-21-23-25-27-29-31-33-35-37-43(39-40-44(46)47-42-41-45(3)4)38-36-34-32-30-28-26-24-22-20-18-16-14-12-10-8-6-2/h13-16,19-22,43H,5-12,17-18,23-42H2,1-4H3/b15-13-,16-14-,21-19-,22-20-. The second-order valence-corrected chi connectivity index (χ2v) is 14.2. The molecule has 0 aromatic rings. The first kappa shape index (κ1) is 45.4. The minimum Gasteiger partial charge on any atom is -0.464 e. The molecule has 0 fully saturated rings. The molecule has 47 heavy (non-hydrogen) atoms. The molecule has 0 bridgehead atoms. The number of hydrogen-bond acceptors (Lipinski definition) is 3. The summed E-state index contributed by atoms with van der Waals surface area (Å²) in [6.45, 7) is 5.84. The highest BCUT2D eigenvalue weighted by Gasteiger charge is 2.12. The van der Waals surface area contributed by atoms with E-state index >= 15 is 0 Å². The van der Waals surface area contributed by atoms with Gasteiger partial charge in [-0.3, -0.25) is 4.79 Å². The molecule has 0 spiro atoms. The van der Waals surface area contributed by atoms with Crippen molar-refractivity contribution < 1.29 is 9.53 Å². The average molecular weight is 656 g/mol. The minimum atomic E-state index is -0.00839. The second-order valence-electron chi connectivity index (χ2n) is 14.2. The largest absolute Gasteiger partial charge is 0.464 e. The van der Waals surface area contributed by atoms with Crippen LogP contribution in [0.3, 0.4) is 0 Å². The molecule has 274 valence electrons. The van der Waals surface area contributed by atoms with Gasteiger partial charge < -0.3 is 9.64 Å². The second kappa shape index (κ2) is 38.8. The van der Waals surface area contributed by atoms with Crippen molar-refractivity contribution in [2.24, 2.45) is 5.92 Å². The summed E-state index contributed by atoms with van der Waals surface area (Å²) >= 11 is 0. The lowest BCUT2D eigenvalue weighted by Crippen LogP contribution is -2.20. The molecule has 0 aromatic carbocycles. The summed E-state index contributed by atoms with van der Waals surface area (Å²) < 4.78 is 5.48. The zero-order valence-electron chi connectivity index (χ0n) is 32.2. The van der Waals surface area contributed by atoms with Crippen molar-refractivity contribution in [1.29, 1.82) is 0 Å². The fourth-order valence-electron chi connectivity index (χ4n) is 6.01. The molecule has 3 heteroatoms. The molecule has 0 amide bonds. The Hall–Kier alpha value is -1.61. The third-order valence-corrected chi connectivity index (χ3v) is 9.18. The lowest BCUT2D eigenvalue weighted by Gasteiger charge is -2.17. The number of allylic oxidation sites excluding steroid dienone is 8. The number of unbranched alkanes of at least 4 members (excludes halogenated alkanes) is 18. The molecular formula is C44H81NO2. The van der Waals surface area contributed by atoms with Crippen LogP contribution in [0, 0.1) is 5.92 Å². The molecule has 0 saturated heterocycles. The van der Waals surface area contributed by atoms with Gasteiger partial charge in [0.25, 0.3) is 0 Å². The smallest absolute Gasteiger partial charge is 0.305 e. The highest BCUT2D eigenvalue weighted by molar-refractivity contribution is 5.69. The van der Waals surface area contributed by atoms with E-state index in [0.29, 0.717) is 18.9 Å². The van der Waals surface area contributed by atoms with E-state index in [2.05, 4.69) is 67.4 Å². The molecule has 0 aliphatic heterocycles. The van der Waals surface area contributed by atoms with Crippen LogP contribution in [-0.4, -0.2) is 38.1 Å². The van der Waals surface area contributed by atoms with Crippen molar-refractivity contribution in [2.75, 3.05) is 27.2 Å². The van der Waals surface area contributed by atoms with Crippen LogP contribution < -0.4 is 0 Å². The molecule has 0 aliphatic carbocycles. The maximum atomic E-state index is 12.3. The van der Waals surface area contributed by atoms with Gasteiger partial charge in [-0.05, 0) is 90.6 Å². The highest BCUT2D eigenvalue weighted by atomic mass is 16.5. The molecule has 0 aliphatic rings. The normalized spacial score (nSPS) is 12.4. The third-order valence-electron chi connectivity index (χ3n) is 9.18. The van der Waals surface area contributed by atoms with Crippen LogP contribution >= 0.6 is 0 Å². The number of likely N-dealkylation sites (N-methyl/N-ethyl adjacent to an activating group) is 1. The summed E-state index contributed by atoms with van der Waals surface area (Å²) in [5.41, 5.74) is 0. The van der Waals surface area contributed by atoms with E-state index in [-0.39, 0.29) is 5.97 Å². The zero-order chi connectivity index (χ0) is 34.3. The summed E-state index contributed by atoms with van der Waals surface area (Å²) in [5.74, 6) is 0.666. The Balaban J connectivity index is 4.05. The monoisotopic (exact) mass is 656 g/mol. The van der Waals surface area contributed by atoms with Gasteiger partial charge in [0, 0.05) is 13.0 Å². The van der Waals surface area contributed by atoms with Crippen LogP contribution in [-0.2, 0) is 9.53 Å². The Bertz CT molecular complexity index is 702. The maximum Gasteiger partial charge on any atom is 0.305 e. The number of carbonyl (C=O) groups is 1. The number of esters is 1. The number of nitrogens with zero attached hydrogens (tertiary/aromatic N) is 1. The Kier molecular flexibility index (Phi) is 37.5. The van der Waals surface area contributed by atoms with E-state index in [4.69, 9.17) is 4.74 Å². The molecule has 0 radical (unpaired) electrons. The first-order valence-electron chi connectivity index (χ1n) is 20.5. The number of hydrogen-bond donors (Lipinski definition) is 0. The summed E-state index contributed by atoms with van der Waals surface area (Å²) in [5, 5.41) is 0. The maximum absolute atomic E-state index is 12.3. The molecule has 0 N–H and O–H groups in total. The van der Waals surface area contributed by atoms with Crippen molar-refractivity contribution >= 4 is 5.97 Å². The Morgan fingerprint density at radius 2 is 0.894 bits per heavy atom. The molecule has 0 heterocycles. The lowest BCUT2D eigenvalue weighted by atomic mass is 9.90. The summed E-state index contributed by atoms with van der Waals surface area (Å²) in [6, 6.07) is 0. The van der Waals surface area contributed by atoms with E-state index in [0.717, 1.165) is 25.8 Å². The van der Waals surface area contributed by atoms with E-state index in [9.17, 15) is 4.79 Å². The van der Waals surface area contributed by atoms with Crippen LogP contribution in [0.1, 0.15) is 194 Å². The first-order valence-corrected chi connectivity index (χ1v) is 20.5. The van der Waals surface area contributed by atoms with Crippen LogP contribution in [0.15, 0.2) is 48.6 Å². The van der Waals surface area contributed by atoms with Crippen LogP contribution in [0.5, 0.6) is 0 Å². The van der Waals surface area contributed by atoms with E-state index in [1.165, 1.54) is 154 Å². The van der Waals surface area contributed by atoms with Crippen LogP contribution in [0.4, 0.5) is 0 Å². The Morgan fingerprint density at radius 1 is 0.511 bits per heavy atom. The van der Waals surface area contributed by atoms with Crippen molar-refractivity contribution in [3.63, 3.8) is 0 Å². The molecule has 0 atom stereocenters. The van der Waals surface area contributed by atoms with E-state index in [1.54, 1.807) is 0 Å². The van der Waals surface area contributed by atoms with Gasteiger partial charge in [-0.15, -0.1) is 0 Å². The molecule has 0 saturated carbocycles. The van der Waals surface area contributed by atoms with Crippen LogP contribution in [0.2, 0.25) is 0 Å².